The number of anilines is 1. The monoisotopic (exact) mass is 377 g/mol. The van der Waals surface area contributed by atoms with Gasteiger partial charge in [-0.05, 0) is 32.9 Å². The molecule has 140 valence electrons. The summed E-state index contributed by atoms with van der Waals surface area (Å²) in [6.45, 7) is 6.02. The zero-order chi connectivity index (χ0) is 19.1. The molecule has 0 fully saturated rings. The highest BCUT2D eigenvalue weighted by atomic mass is 32.2. The van der Waals surface area contributed by atoms with E-state index >= 15 is 0 Å². The van der Waals surface area contributed by atoms with Crippen molar-refractivity contribution in [3.63, 3.8) is 0 Å². The predicted molar refractivity (Wildman–Crippen MR) is 100 cm³/mol. The molecule has 1 aliphatic heterocycles. The van der Waals surface area contributed by atoms with Crippen LogP contribution < -0.4 is 14.8 Å². The first-order valence-corrected chi connectivity index (χ1v) is 9.73. The lowest BCUT2D eigenvalue weighted by molar-refractivity contribution is 0.101. The zero-order valence-electron chi connectivity index (χ0n) is 15.6. The average Bonchev–Trinajstić information content (AvgIpc) is 3.10. The molecule has 1 aliphatic rings. The highest BCUT2D eigenvalue weighted by Gasteiger charge is 2.32. The van der Waals surface area contributed by atoms with Gasteiger partial charge in [0.15, 0.2) is 0 Å². The molecule has 3 rings (SSSR count). The van der Waals surface area contributed by atoms with Crippen molar-refractivity contribution in [1.82, 2.24) is 9.78 Å². The number of hydrogen-bond donors (Lipinski definition) is 1. The molecular formula is C18H23N3O4S. The Morgan fingerprint density at radius 2 is 1.81 bits per heavy atom. The number of carbonyl (C=O) groups excluding carboxylic acids is 1. The lowest BCUT2D eigenvalue weighted by atomic mass is 10.1. The molecule has 1 amide bonds. The summed E-state index contributed by atoms with van der Waals surface area (Å²) in [6.07, 6.45) is 0. The Balaban J connectivity index is 2.05. The maximum absolute atomic E-state index is 13.0. The molecule has 2 heterocycles. The summed E-state index contributed by atoms with van der Waals surface area (Å²) in [6, 6.07) is 5.17. The van der Waals surface area contributed by atoms with E-state index in [0.717, 1.165) is 11.3 Å². The molecule has 2 aromatic rings. The van der Waals surface area contributed by atoms with Gasteiger partial charge in [0.1, 0.15) is 22.9 Å². The smallest absolute Gasteiger partial charge is 0.264 e. The van der Waals surface area contributed by atoms with Crippen molar-refractivity contribution in [2.45, 2.75) is 37.8 Å². The van der Waals surface area contributed by atoms with Gasteiger partial charge in [0.25, 0.3) is 5.91 Å². The number of hydrogen-bond acceptors (Lipinski definition) is 5. The Hall–Kier alpha value is -2.35. The third kappa shape index (κ3) is 3.21. The summed E-state index contributed by atoms with van der Waals surface area (Å²) < 4.78 is 24.4. The standard InChI is InChI=1S/C18H23N3O4S/c1-18(2,3)21-16(11-9-26(23)10-12(11)20-21)19-17(22)15-13(24-4)7-6-8-14(15)25-5/h6-8H,9-10H2,1-5H3,(H,19,22)/t26-/m1/s1. The number of nitrogens with one attached hydrogen (secondary N) is 1. The number of methoxy groups -OCH3 is 2. The van der Waals surface area contributed by atoms with Gasteiger partial charge in [0.05, 0.1) is 37.0 Å². The van der Waals surface area contributed by atoms with E-state index < -0.39 is 10.8 Å². The predicted octanol–water partition coefficient (Wildman–Crippen LogP) is 2.67. The summed E-state index contributed by atoms with van der Waals surface area (Å²) in [5, 5.41) is 7.54. The van der Waals surface area contributed by atoms with E-state index in [1.807, 2.05) is 20.8 Å². The van der Waals surface area contributed by atoms with Crippen LogP contribution in [0.4, 0.5) is 5.82 Å². The fourth-order valence-corrected chi connectivity index (χ4v) is 4.25. The number of benzene rings is 1. The maximum atomic E-state index is 13.0. The second kappa shape index (κ2) is 6.75. The molecule has 1 aromatic carbocycles. The molecule has 1 aromatic heterocycles. The lowest BCUT2D eigenvalue weighted by Gasteiger charge is -2.23. The number of fused-ring (bicyclic) bond motifs is 1. The minimum absolute atomic E-state index is 0.312. The van der Waals surface area contributed by atoms with Gasteiger partial charge in [-0.15, -0.1) is 0 Å². The number of aromatic nitrogens is 2. The molecule has 0 spiro atoms. The zero-order valence-corrected chi connectivity index (χ0v) is 16.4. The maximum Gasteiger partial charge on any atom is 0.264 e. The van der Waals surface area contributed by atoms with E-state index in [1.165, 1.54) is 14.2 Å². The van der Waals surface area contributed by atoms with Gasteiger partial charge in [-0.2, -0.15) is 5.10 Å². The van der Waals surface area contributed by atoms with Gasteiger partial charge in [-0.1, -0.05) is 6.07 Å². The molecule has 1 N–H and O–H groups in total. The summed E-state index contributed by atoms with van der Waals surface area (Å²) in [4.78, 5) is 13.0. The molecule has 1 atom stereocenters. The van der Waals surface area contributed by atoms with Gasteiger partial charge in [0, 0.05) is 16.4 Å². The van der Waals surface area contributed by atoms with Crippen molar-refractivity contribution in [2.75, 3.05) is 19.5 Å². The van der Waals surface area contributed by atoms with Crippen LogP contribution in [0.1, 0.15) is 42.4 Å². The number of carbonyl (C=O) groups is 1. The molecule has 0 saturated heterocycles. The van der Waals surface area contributed by atoms with Crippen molar-refractivity contribution in [1.29, 1.82) is 0 Å². The van der Waals surface area contributed by atoms with Crippen molar-refractivity contribution in [3.05, 3.63) is 35.0 Å². The summed E-state index contributed by atoms with van der Waals surface area (Å²) in [7, 11) is 2.03. The van der Waals surface area contributed by atoms with Crippen LogP contribution in [-0.4, -0.2) is 34.1 Å². The molecule has 0 saturated carbocycles. The first kappa shape index (κ1) is 18.4. The molecule has 0 bridgehead atoms. The van der Waals surface area contributed by atoms with Gasteiger partial charge in [-0.3, -0.25) is 9.00 Å². The SMILES string of the molecule is COc1cccc(OC)c1C(=O)Nc1c2c(nn1C(C)(C)C)C[S@](=O)C2. The second-order valence-corrected chi connectivity index (χ2v) is 8.53. The molecule has 26 heavy (non-hydrogen) atoms. The Morgan fingerprint density at radius 1 is 1.19 bits per heavy atom. The van der Waals surface area contributed by atoms with Crippen LogP contribution in [0, 0.1) is 0 Å². The number of ether oxygens (including phenoxy) is 2. The van der Waals surface area contributed by atoms with E-state index in [1.54, 1.807) is 22.9 Å². The molecule has 0 unspecified atom stereocenters. The van der Waals surface area contributed by atoms with E-state index in [-0.39, 0.29) is 11.4 Å². The van der Waals surface area contributed by atoms with E-state index in [2.05, 4.69) is 10.4 Å². The van der Waals surface area contributed by atoms with Crippen molar-refractivity contribution in [3.8, 4) is 11.5 Å². The number of amides is 1. The molecule has 0 aliphatic carbocycles. The van der Waals surface area contributed by atoms with Gasteiger partial charge < -0.3 is 14.8 Å². The normalized spacial score (nSPS) is 16.3. The van der Waals surface area contributed by atoms with E-state index in [0.29, 0.717) is 34.4 Å². The Morgan fingerprint density at radius 3 is 2.35 bits per heavy atom. The Labute approximate surface area is 155 Å². The molecule has 7 nitrogen and oxygen atoms in total. The van der Waals surface area contributed by atoms with Crippen LogP contribution in [0.15, 0.2) is 18.2 Å². The highest BCUT2D eigenvalue weighted by Crippen LogP contribution is 2.35. The summed E-state index contributed by atoms with van der Waals surface area (Å²) >= 11 is 0. The van der Waals surface area contributed by atoms with E-state index in [9.17, 15) is 9.00 Å². The minimum Gasteiger partial charge on any atom is -0.496 e. The van der Waals surface area contributed by atoms with Crippen LogP contribution in [0.5, 0.6) is 11.5 Å². The molecule has 8 heteroatoms. The fraction of sp³-hybridized carbons (Fsp3) is 0.444. The largest absolute Gasteiger partial charge is 0.496 e. The van der Waals surface area contributed by atoms with Gasteiger partial charge in [0.2, 0.25) is 0 Å². The first-order chi connectivity index (χ1) is 12.3. The minimum atomic E-state index is -0.981. The van der Waals surface area contributed by atoms with Gasteiger partial charge in [-0.25, -0.2) is 4.68 Å². The highest BCUT2D eigenvalue weighted by molar-refractivity contribution is 7.83. The number of nitrogens with zero attached hydrogens (tertiary/aromatic N) is 2. The lowest BCUT2D eigenvalue weighted by Crippen LogP contribution is -2.27. The van der Waals surface area contributed by atoms with Crippen LogP contribution >= 0.6 is 0 Å². The van der Waals surface area contributed by atoms with Crippen LogP contribution in [-0.2, 0) is 27.8 Å². The molecule has 0 radical (unpaired) electrons. The van der Waals surface area contributed by atoms with Crippen LogP contribution in [0.2, 0.25) is 0 Å². The second-order valence-electron chi connectivity index (χ2n) is 7.08. The van der Waals surface area contributed by atoms with E-state index in [4.69, 9.17) is 9.47 Å². The topological polar surface area (TPSA) is 82.4 Å². The third-order valence-corrected chi connectivity index (χ3v) is 5.40. The van der Waals surface area contributed by atoms with Crippen molar-refractivity contribution < 1.29 is 18.5 Å². The summed E-state index contributed by atoms with van der Waals surface area (Å²) in [5.74, 6) is 1.87. The van der Waals surface area contributed by atoms with Crippen LogP contribution in [0.25, 0.3) is 0 Å². The molecular weight excluding hydrogens is 354 g/mol. The average molecular weight is 377 g/mol. The Kier molecular flexibility index (Phi) is 4.79. The first-order valence-electron chi connectivity index (χ1n) is 8.24. The van der Waals surface area contributed by atoms with Crippen molar-refractivity contribution in [2.24, 2.45) is 0 Å². The van der Waals surface area contributed by atoms with Gasteiger partial charge >= 0.3 is 0 Å². The van der Waals surface area contributed by atoms with Crippen LogP contribution in [0.3, 0.4) is 0 Å². The fourth-order valence-electron chi connectivity index (χ4n) is 2.99. The number of rotatable bonds is 4. The van der Waals surface area contributed by atoms with Crippen molar-refractivity contribution >= 4 is 22.5 Å². The summed E-state index contributed by atoms with van der Waals surface area (Å²) in [5.41, 5.74) is 1.59. The Bertz CT molecular complexity index is 861. The quantitative estimate of drug-likeness (QED) is 0.886. The third-order valence-electron chi connectivity index (χ3n) is 4.19.